The van der Waals surface area contributed by atoms with Gasteiger partial charge in [0.25, 0.3) is 0 Å². The second kappa shape index (κ2) is 5.62. The minimum Gasteiger partial charge on any atom is -0.325 e. The van der Waals surface area contributed by atoms with Crippen molar-refractivity contribution in [1.29, 1.82) is 0 Å². The Labute approximate surface area is 131 Å². The molecule has 1 heterocycles. The zero-order chi connectivity index (χ0) is 14.1. The van der Waals surface area contributed by atoms with E-state index in [2.05, 4.69) is 27.3 Å². The summed E-state index contributed by atoms with van der Waals surface area (Å²) in [6, 6.07) is 14.0. The molecule has 1 atom stereocenters. The lowest BCUT2D eigenvalue weighted by Gasteiger charge is -2.13. The van der Waals surface area contributed by atoms with Crippen LogP contribution in [0.25, 0.3) is 0 Å². The summed E-state index contributed by atoms with van der Waals surface area (Å²) in [4.78, 5) is 13.7. The first-order chi connectivity index (χ1) is 9.65. The Kier molecular flexibility index (Phi) is 3.85. The standard InChI is InChI=1S/C16H14BrNOS/c1-10-8-11(17)6-7-14(10)18-16(19)13-9-20-15-5-3-2-4-12(13)15/h2-8,13H,9H2,1H3,(H,18,19). The van der Waals surface area contributed by atoms with Gasteiger partial charge < -0.3 is 5.32 Å². The van der Waals surface area contributed by atoms with Gasteiger partial charge in [-0.05, 0) is 42.3 Å². The molecular weight excluding hydrogens is 334 g/mol. The second-order valence-electron chi connectivity index (χ2n) is 4.85. The molecule has 0 saturated carbocycles. The van der Waals surface area contributed by atoms with E-state index in [4.69, 9.17) is 0 Å². The van der Waals surface area contributed by atoms with Crippen LogP contribution in [0.3, 0.4) is 0 Å². The van der Waals surface area contributed by atoms with Crippen LogP contribution in [0.1, 0.15) is 17.0 Å². The molecule has 1 aliphatic rings. The number of hydrogen-bond acceptors (Lipinski definition) is 2. The molecule has 1 amide bonds. The molecule has 3 rings (SSSR count). The Hall–Kier alpha value is -1.26. The van der Waals surface area contributed by atoms with Crippen molar-refractivity contribution < 1.29 is 4.79 Å². The number of carbonyl (C=O) groups is 1. The van der Waals surface area contributed by atoms with Crippen LogP contribution in [0.15, 0.2) is 51.8 Å². The zero-order valence-electron chi connectivity index (χ0n) is 11.0. The van der Waals surface area contributed by atoms with E-state index in [0.29, 0.717) is 0 Å². The summed E-state index contributed by atoms with van der Waals surface area (Å²) in [5.41, 5.74) is 3.09. The first kappa shape index (κ1) is 13.7. The third kappa shape index (κ3) is 2.63. The van der Waals surface area contributed by atoms with Crippen LogP contribution in [0, 0.1) is 6.92 Å². The van der Waals surface area contributed by atoms with E-state index in [1.54, 1.807) is 11.8 Å². The number of thioether (sulfide) groups is 1. The molecule has 0 fully saturated rings. The van der Waals surface area contributed by atoms with Gasteiger partial charge in [0.15, 0.2) is 0 Å². The van der Waals surface area contributed by atoms with Crippen molar-refractivity contribution in [3.8, 4) is 0 Å². The lowest BCUT2D eigenvalue weighted by atomic mass is 10.0. The van der Waals surface area contributed by atoms with Gasteiger partial charge in [-0.15, -0.1) is 11.8 Å². The van der Waals surface area contributed by atoms with Crippen molar-refractivity contribution in [2.75, 3.05) is 11.1 Å². The van der Waals surface area contributed by atoms with Crippen molar-refractivity contribution in [2.24, 2.45) is 0 Å². The number of carbonyl (C=O) groups excluding carboxylic acids is 1. The summed E-state index contributed by atoms with van der Waals surface area (Å²) in [5.74, 6) is 0.841. The Morgan fingerprint density at radius 1 is 1.30 bits per heavy atom. The molecule has 2 aromatic carbocycles. The summed E-state index contributed by atoms with van der Waals surface area (Å²) >= 11 is 5.19. The molecule has 2 aromatic rings. The SMILES string of the molecule is Cc1cc(Br)ccc1NC(=O)C1CSc2ccccc21. The van der Waals surface area contributed by atoms with Crippen LogP contribution in [-0.2, 0) is 4.79 Å². The number of aryl methyl sites for hydroxylation is 1. The zero-order valence-corrected chi connectivity index (χ0v) is 13.4. The van der Waals surface area contributed by atoms with Crippen LogP contribution < -0.4 is 5.32 Å². The number of hydrogen-bond donors (Lipinski definition) is 1. The summed E-state index contributed by atoms with van der Waals surface area (Å²) < 4.78 is 1.02. The predicted octanol–water partition coefficient (Wildman–Crippen LogP) is 4.59. The van der Waals surface area contributed by atoms with E-state index >= 15 is 0 Å². The number of nitrogens with one attached hydrogen (secondary N) is 1. The molecule has 1 aliphatic heterocycles. The molecule has 0 saturated heterocycles. The average Bonchev–Trinajstić information content (AvgIpc) is 2.86. The monoisotopic (exact) mass is 347 g/mol. The maximum atomic E-state index is 12.5. The third-order valence-electron chi connectivity index (χ3n) is 3.46. The van der Waals surface area contributed by atoms with Gasteiger partial charge in [0.2, 0.25) is 5.91 Å². The first-order valence-corrected chi connectivity index (χ1v) is 8.22. The molecule has 4 heteroatoms. The van der Waals surface area contributed by atoms with Crippen molar-refractivity contribution >= 4 is 39.3 Å². The molecule has 0 aliphatic carbocycles. The predicted molar refractivity (Wildman–Crippen MR) is 87.4 cm³/mol. The molecule has 0 spiro atoms. The van der Waals surface area contributed by atoms with Crippen LogP contribution in [0.2, 0.25) is 0 Å². The second-order valence-corrected chi connectivity index (χ2v) is 6.83. The average molecular weight is 348 g/mol. The minimum atomic E-state index is -0.0563. The van der Waals surface area contributed by atoms with Crippen molar-refractivity contribution in [3.05, 3.63) is 58.1 Å². The van der Waals surface area contributed by atoms with Crippen molar-refractivity contribution in [3.63, 3.8) is 0 Å². The van der Waals surface area contributed by atoms with Gasteiger partial charge in [-0.2, -0.15) is 0 Å². The maximum absolute atomic E-state index is 12.5. The smallest absolute Gasteiger partial charge is 0.232 e. The molecule has 0 bridgehead atoms. The van der Waals surface area contributed by atoms with E-state index < -0.39 is 0 Å². The molecule has 20 heavy (non-hydrogen) atoms. The Morgan fingerprint density at radius 3 is 2.90 bits per heavy atom. The van der Waals surface area contributed by atoms with Crippen molar-refractivity contribution in [2.45, 2.75) is 17.7 Å². The molecular formula is C16H14BrNOS. The summed E-state index contributed by atoms with van der Waals surface area (Å²) in [6.45, 7) is 2.00. The molecule has 1 N–H and O–H groups in total. The van der Waals surface area contributed by atoms with Gasteiger partial charge in [0.05, 0.1) is 5.92 Å². The fourth-order valence-corrected chi connectivity index (χ4v) is 4.07. The van der Waals surface area contributed by atoms with Crippen molar-refractivity contribution in [1.82, 2.24) is 0 Å². The molecule has 0 radical (unpaired) electrons. The van der Waals surface area contributed by atoms with E-state index in [0.717, 1.165) is 27.0 Å². The normalized spacial score (nSPS) is 16.8. The highest BCUT2D eigenvalue weighted by Crippen LogP contribution is 2.39. The van der Waals surface area contributed by atoms with E-state index in [-0.39, 0.29) is 11.8 Å². The molecule has 0 aromatic heterocycles. The number of anilines is 1. The Morgan fingerprint density at radius 2 is 2.10 bits per heavy atom. The highest BCUT2D eigenvalue weighted by molar-refractivity contribution is 9.10. The highest BCUT2D eigenvalue weighted by atomic mass is 79.9. The number of amides is 1. The van der Waals surface area contributed by atoms with Gasteiger partial charge in [-0.3, -0.25) is 4.79 Å². The highest BCUT2D eigenvalue weighted by Gasteiger charge is 2.29. The maximum Gasteiger partial charge on any atom is 0.232 e. The lowest BCUT2D eigenvalue weighted by Crippen LogP contribution is -2.21. The van der Waals surface area contributed by atoms with Gasteiger partial charge in [0.1, 0.15) is 0 Å². The summed E-state index contributed by atoms with van der Waals surface area (Å²) in [7, 11) is 0. The molecule has 2 nitrogen and oxygen atoms in total. The molecule has 102 valence electrons. The molecule has 1 unspecified atom stereocenters. The van der Waals surface area contributed by atoms with Gasteiger partial charge in [-0.1, -0.05) is 34.1 Å². The van der Waals surface area contributed by atoms with Crippen LogP contribution in [0.4, 0.5) is 5.69 Å². The van der Waals surface area contributed by atoms with Gasteiger partial charge in [-0.25, -0.2) is 0 Å². The van der Waals surface area contributed by atoms with E-state index in [9.17, 15) is 4.79 Å². The first-order valence-electron chi connectivity index (χ1n) is 6.44. The van der Waals surface area contributed by atoms with Crippen LogP contribution in [-0.4, -0.2) is 11.7 Å². The van der Waals surface area contributed by atoms with Gasteiger partial charge >= 0.3 is 0 Å². The largest absolute Gasteiger partial charge is 0.325 e. The van der Waals surface area contributed by atoms with E-state index in [1.165, 1.54) is 4.90 Å². The quantitative estimate of drug-likeness (QED) is 0.860. The lowest BCUT2D eigenvalue weighted by molar-refractivity contribution is -0.117. The Balaban J connectivity index is 1.81. The third-order valence-corrected chi connectivity index (χ3v) is 5.14. The fourth-order valence-electron chi connectivity index (χ4n) is 2.37. The van der Waals surface area contributed by atoms with Gasteiger partial charge in [0, 0.05) is 20.8 Å². The van der Waals surface area contributed by atoms with E-state index in [1.807, 2.05) is 43.3 Å². The Bertz CT molecular complexity index is 671. The number of halogens is 1. The van der Waals surface area contributed by atoms with Crippen LogP contribution >= 0.6 is 27.7 Å². The number of rotatable bonds is 2. The number of benzene rings is 2. The topological polar surface area (TPSA) is 29.1 Å². The number of fused-ring (bicyclic) bond motifs is 1. The summed E-state index contributed by atoms with van der Waals surface area (Å²) in [5, 5.41) is 3.05. The summed E-state index contributed by atoms with van der Waals surface area (Å²) in [6.07, 6.45) is 0. The fraction of sp³-hybridized carbons (Fsp3) is 0.188. The van der Waals surface area contributed by atoms with Crippen LogP contribution in [0.5, 0.6) is 0 Å². The minimum absolute atomic E-state index is 0.0563.